The molecule has 0 aliphatic carbocycles. The standard InChI is InChI=1S/C17H21N5O3/c1-21-3-5-22(6-4-21)16-8-12(19-17(18)20-16)11-7-14-15(25-10-24-14)9-13(11)23-2/h7-9H,3-6,10H2,1-2H3,(H2,18,19,20). The van der Waals surface area contributed by atoms with Crippen LogP contribution in [0.5, 0.6) is 17.2 Å². The molecule has 0 spiro atoms. The van der Waals surface area contributed by atoms with E-state index in [2.05, 4.69) is 26.8 Å². The van der Waals surface area contributed by atoms with Gasteiger partial charge in [-0.2, -0.15) is 4.98 Å². The van der Waals surface area contributed by atoms with Crippen molar-refractivity contribution in [1.29, 1.82) is 0 Å². The Morgan fingerprint density at radius 2 is 1.76 bits per heavy atom. The molecule has 25 heavy (non-hydrogen) atoms. The number of aromatic nitrogens is 2. The third-order valence-corrected chi connectivity index (χ3v) is 4.53. The van der Waals surface area contributed by atoms with E-state index in [4.69, 9.17) is 19.9 Å². The van der Waals surface area contributed by atoms with E-state index in [1.807, 2.05) is 18.2 Å². The quantitative estimate of drug-likeness (QED) is 0.890. The van der Waals surface area contributed by atoms with Crippen LogP contribution in [-0.4, -0.2) is 62.0 Å². The van der Waals surface area contributed by atoms with Crippen LogP contribution in [-0.2, 0) is 0 Å². The van der Waals surface area contributed by atoms with Crippen molar-refractivity contribution in [2.45, 2.75) is 0 Å². The van der Waals surface area contributed by atoms with Crippen LogP contribution < -0.4 is 24.8 Å². The summed E-state index contributed by atoms with van der Waals surface area (Å²) in [5.74, 6) is 3.07. The molecule has 3 heterocycles. The number of likely N-dealkylation sites (N-methyl/N-ethyl adjacent to an activating group) is 1. The molecule has 4 rings (SSSR count). The molecule has 0 amide bonds. The smallest absolute Gasteiger partial charge is 0.231 e. The van der Waals surface area contributed by atoms with Crippen molar-refractivity contribution in [2.75, 3.05) is 57.8 Å². The van der Waals surface area contributed by atoms with Crippen molar-refractivity contribution in [2.24, 2.45) is 0 Å². The number of piperazine rings is 1. The number of ether oxygens (including phenoxy) is 3. The lowest BCUT2D eigenvalue weighted by molar-refractivity contribution is 0.174. The Labute approximate surface area is 146 Å². The molecule has 0 saturated carbocycles. The zero-order chi connectivity index (χ0) is 17.4. The molecular weight excluding hydrogens is 322 g/mol. The molecule has 8 nitrogen and oxygen atoms in total. The maximum Gasteiger partial charge on any atom is 0.231 e. The first-order valence-corrected chi connectivity index (χ1v) is 8.20. The number of hydrogen-bond donors (Lipinski definition) is 1. The number of rotatable bonds is 3. The molecule has 1 saturated heterocycles. The van der Waals surface area contributed by atoms with E-state index in [-0.39, 0.29) is 12.7 Å². The molecule has 2 aliphatic rings. The van der Waals surface area contributed by atoms with Crippen LogP contribution in [0.3, 0.4) is 0 Å². The van der Waals surface area contributed by atoms with E-state index in [0.717, 1.165) is 37.6 Å². The van der Waals surface area contributed by atoms with E-state index >= 15 is 0 Å². The molecule has 8 heteroatoms. The van der Waals surface area contributed by atoms with Gasteiger partial charge in [0.15, 0.2) is 11.5 Å². The van der Waals surface area contributed by atoms with Crippen LogP contribution in [0.25, 0.3) is 11.3 Å². The molecule has 0 unspecified atom stereocenters. The monoisotopic (exact) mass is 343 g/mol. The molecule has 0 atom stereocenters. The average molecular weight is 343 g/mol. The van der Waals surface area contributed by atoms with E-state index in [1.165, 1.54) is 0 Å². The zero-order valence-electron chi connectivity index (χ0n) is 14.4. The van der Waals surface area contributed by atoms with Crippen LogP contribution >= 0.6 is 0 Å². The number of methoxy groups -OCH3 is 1. The summed E-state index contributed by atoms with van der Waals surface area (Å²) in [7, 11) is 3.74. The van der Waals surface area contributed by atoms with E-state index < -0.39 is 0 Å². The fraction of sp³-hybridized carbons (Fsp3) is 0.412. The highest BCUT2D eigenvalue weighted by Crippen LogP contribution is 2.42. The van der Waals surface area contributed by atoms with Crippen molar-refractivity contribution < 1.29 is 14.2 Å². The van der Waals surface area contributed by atoms with Gasteiger partial charge in [-0.15, -0.1) is 0 Å². The van der Waals surface area contributed by atoms with Crippen LogP contribution in [0, 0.1) is 0 Å². The summed E-state index contributed by atoms with van der Waals surface area (Å²) in [4.78, 5) is 13.3. The van der Waals surface area contributed by atoms with Crippen molar-refractivity contribution >= 4 is 11.8 Å². The summed E-state index contributed by atoms with van der Waals surface area (Å²) in [6.45, 7) is 4.01. The van der Waals surface area contributed by atoms with E-state index in [0.29, 0.717) is 22.9 Å². The van der Waals surface area contributed by atoms with Gasteiger partial charge >= 0.3 is 0 Å². The van der Waals surface area contributed by atoms with Crippen molar-refractivity contribution in [1.82, 2.24) is 14.9 Å². The number of anilines is 2. The lowest BCUT2D eigenvalue weighted by atomic mass is 10.1. The summed E-state index contributed by atoms with van der Waals surface area (Å²) in [6, 6.07) is 5.63. The predicted molar refractivity (Wildman–Crippen MR) is 94.3 cm³/mol. The maximum absolute atomic E-state index is 5.98. The SMILES string of the molecule is COc1cc2c(cc1-c1cc(N3CCN(C)CC3)nc(N)n1)OCO2. The maximum atomic E-state index is 5.98. The van der Waals surface area contributed by atoms with Crippen LogP contribution in [0.4, 0.5) is 11.8 Å². The van der Waals surface area contributed by atoms with E-state index in [9.17, 15) is 0 Å². The first kappa shape index (κ1) is 15.8. The van der Waals surface area contributed by atoms with Crippen molar-refractivity contribution in [3.05, 3.63) is 18.2 Å². The molecule has 2 N–H and O–H groups in total. The average Bonchev–Trinajstić information content (AvgIpc) is 3.08. The fourth-order valence-corrected chi connectivity index (χ4v) is 3.08. The Bertz CT molecular complexity index is 790. The second-order valence-electron chi connectivity index (χ2n) is 6.17. The molecule has 0 radical (unpaired) electrons. The van der Waals surface area contributed by atoms with Gasteiger partial charge in [0.2, 0.25) is 12.7 Å². The summed E-state index contributed by atoms with van der Waals surface area (Å²) >= 11 is 0. The minimum absolute atomic E-state index is 0.209. The lowest BCUT2D eigenvalue weighted by Crippen LogP contribution is -2.44. The Morgan fingerprint density at radius 3 is 2.48 bits per heavy atom. The molecule has 2 aromatic rings. The summed E-state index contributed by atoms with van der Waals surface area (Å²) in [6.07, 6.45) is 0. The number of fused-ring (bicyclic) bond motifs is 1. The second kappa shape index (κ2) is 6.29. The topological polar surface area (TPSA) is 86.0 Å². The first-order chi connectivity index (χ1) is 12.1. The molecule has 1 fully saturated rings. The molecule has 0 bridgehead atoms. The minimum Gasteiger partial charge on any atom is -0.496 e. The van der Waals surface area contributed by atoms with Gasteiger partial charge < -0.3 is 29.7 Å². The second-order valence-corrected chi connectivity index (χ2v) is 6.17. The highest BCUT2D eigenvalue weighted by Gasteiger charge is 2.22. The summed E-state index contributed by atoms with van der Waals surface area (Å²) in [5, 5.41) is 0. The van der Waals surface area contributed by atoms with Gasteiger partial charge in [0.05, 0.1) is 12.8 Å². The van der Waals surface area contributed by atoms with Gasteiger partial charge in [-0.05, 0) is 13.1 Å². The Morgan fingerprint density at radius 1 is 1.04 bits per heavy atom. The van der Waals surface area contributed by atoms with Crippen LogP contribution in [0.2, 0.25) is 0 Å². The van der Waals surface area contributed by atoms with Gasteiger partial charge in [0.1, 0.15) is 11.6 Å². The highest BCUT2D eigenvalue weighted by molar-refractivity contribution is 5.74. The highest BCUT2D eigenvalue weighted by atomic mass is 16.7. The fourth-order valence-electron chi connectivity index (χ4n) is 3.08. The Hall–Kier alpha value is -2.74. The minimum atomic E-state index is 0.209. The zero-order valence-corrected chi connectivity index (χ0v) is 14.4. The van der Waals surface area contributed by atoms with Gasteiger partial charge in [-0.25, -0.2) is 4.98 Å². The Balaban J connectivity index is 1.73. The molecule has 1 aromatic carbocycles. The van der Waals surface area contributed by atoms with E-state index in [1.54, 1.807) is 7.11 Å². The van der Waals surface area contributed by atoms with Crippen LogP contribution in [0.15, 0.2) is 18.2 Å². The van der Waals surface area contributed by atoms with Crippen molar-refractivity contribution in [3.8, 4) is 28.5 Å². The normalized spacial score (nSPS) is 17.0. The van der Waals surface area contributed by atoms with Gasteiger partial charge in [-0.1, -0.05) is 0 Å². The first-order valence-electron chi connectivity index (χ1n) is 8.20. The molecule has 132 valence electrons. The third kappa shape index (κ3) is 3.00. The summed E-state index contributed by atoms with van der Waals surface area (Å²) < 4.78 is 16.4. The number of nitrogens with two attached hydrogens (primary N) is 1. The van der Waals surface area contributed by atoms with Gasteiger partial charge in [-0.3, -0.25) is 0 Å². The molecule has 1 aromatic heterocycles. The number of hydrogen-bond acceptors (Lipinski definition) is 8. The summed E-state index contributed by atoms with van der Waals surface area (Å²) in [5.41, 5.74) is 7.49. The van der Waals surface area contributed by atoms with Crippen LogP contribution in [0.1, 0.15) is 0 Å². The van der Waals surface area contributed by atoms with Gasteiger partial charge in [0, 0.05) is 43.9 Å². The third-order valence-electron chi connectivity index (χ3n) is 4.53. The number of nitrogens with zero attached hydrogens (tertiary/aromatic N) is 4. The molecular formula is C17H21N5O3. The lowest BCUT2D eigenvalue weighted by Gasteiger charge is -2.33. The molecule has 2 aliphatic heterocycles. The number of benzene rings is 1. The van der Waals surface area contributed by atoms with Gasteiger partial charge in [0.25, 0.3) is 0 Å². The number of nitrogen functional groups attached to an aromatic ring is 1. The predicted octanol–water partition coefficient (Wildman–Crippen LogP) is 1.21. The Kier molecular flexibility index (Phi) is 3.96. The van der Waals surface area contributed by atoms with Crippen molar-refractivity contribution in [3.63, 3.8) is 0 Å². The largest absolute Gasteiger partial charge is 0.496 e.